The summed E-state index contributed by atoms with van der Waals surface area (Å²) >= 11 is 1.56. The van der Waals surface area contributed by atoms with Gasteiger partial charge in [0.25, 0.3) is 8.32 Å². The molecule has 164 valence electrons. The maximum atomic E-state index is 10.7. The zero-order valence-corrected chi connectivity index (χ0v) is 20.3. The van der Waals surface area contributed by atoms with Gasteiger partial charge >= 0.3 is 0 Å². The lowest BCUT2D eigenvalue weighted by Gasteiger charge is -2.46. The lowest BCUT2D eigenvalue weighted by molar-refractivity contribution is -0.179. The SMILES string of the molecule is CSC1OC(CO[Si](c2ccccc2)(c2ccccc2)C(C)(C)C)C(O)C(O)C1C. The highest BCUT2D eigenvalue weighted by Gasteiger charge is 2.51. The third kappa shape index (κ3) is 4.40. The maximum absolute atomic E-state index is 10.7. The highest BCUT2D eigenvalue weighted by molar-refractivity contribution is 7.99. The normalized spacial score (nSPS) is 27.8. The molecule has 1 aliphatic heterocycles. The van der Waals surface area contributed by atoms with Gasteiger partial charge < -0.3 is 19.4 Å². The van der Waals surface area contributed by atoms with Crippen molar-refractivity contribution in [1.82, 2.24) is 0 Å². The van der Waals surface area contributed by atoms with Gasteiger partial charge in [0.1, 0.15) is 17.6 Å². The van der Waals surface area contributed by atoms with Gasteiger partial charge in [0.2, 0.25) is 0 Å². The second-order valence-electron chi connectivity index (χ2n) is 9.09. The van der Waals surface area contributed by atoms with E-state index in [-0.39, 0.29) is 23.0 Å². The van der Waals surface area contributed by atoms with Gasteiger partial charge in [0.15, 0.2) is 0 Å². The number of hydrogen-bond acceptors (Lipinski definition) is 5. The van der Waals surface area contributed by atoms with Crippen molar-refractivity contribution >= 4 is 30.5 Å². The molecule has 2 aromatic rings. The Morgan fingerprint density at radius 2 is 1.43 bits per heavy atom. The van der Waals surface area contributed by atoms with Gasteiger partial charge in [-0.25, -0.2) is 0 Å². The van der Waals surface area contributed by atoms with E-state index in [4.69, 9.17) is 9.16 Å². The van der Waals surface area contributed by atoms with E-state index in [0.717, 1.165) is 0 Å². The molecule has 2 aromatic carbocycles. The van der Waals surface area contributed by atoms with Crippen LogP contribution >= 0.6 is 11.8 Å². The molecule has 5 atom stereocenters. The average molecular weight is 447 g/mol. The quantitative estimate of drug-likeness (QED) is 0.668. The van der Waals surface area contributed by atoms with Crippen LogP contribution < -0.4 is 10.4 Å². The molecule has 0 radical (unpaired) electrons. The Morgan fingerprint density at radius 1 is 0.933 bits per heavy atom. The molecule has 6 heteroatoms. The molecular weight excluding hydrogens is 412 g/mol. The predicted octanol–water partition coefficient (Wildman–Crippen LogP) is 3.01. The van der Waals surface area contributed by atoms with Gasteiger partial charge in [0, 0.05) is 5.92 Å². The van der Waals surface area contributed by atoms with Crippen LogP contribution in [0, 0.1) is 5.92 Å². The predicted molar refractivity (Wildman–Crippen MR) is 127 cm³/mol. The van der Waals surface area contributed by atoms with E-state index in [9.17, 15) is 10.2 Å². The first-order chi connectivity index (χ1) is 14.2. The van der Waals surface area contributed by atoms with Gasteiger partial charge in [-0.15, -0.1) is 11.8 Å². The molecule has 0 bridgehead atoms. The summed E-state index contributed by atoms with van der Waals surface area (Å²) in [6.07, 6.45) is -0.410. The van der Waals surface area contributed by atoms with Crippen LogP contribution in [0.4, 0.5) is 0 Å². The van der Waals surface area contributed by atoms with E-state index in [1.165, 1.54) is 10.4 Å². The monoisotopic (exact) mass is 446 g/mol. The standard InChI is InChI=1S/C24H34O4SSi/c1-17-21(25)22(26)20(28-23(17)29-5)16-27-30(24(2,3)4,18-12-8-6-9-13-18)19-14-10-7-11-15-19/h6-15,17,20-23,25-26H,16H2,1-5H3. The van der Waals surface area contributed by atoms with Crippen LogP contribution in [0.15, 0.2) is 60.7 Å². The van der Waals surface area contributed by atoms with Crippen molar-refractivity contribution < 1.29 is 19.4 Å². The molecule has 3 rings (SSSR count). The maximum Gasteiger partial charge on any atom is 0.261 e. The molecule has 0 aliphatic carbocycles. The van der Waals surface area contributed by atoms with Crippen molar-refractivity contribution in [3.63, 3.8) is 0 Å². The highest BCUT2D eigenvalue weighted by Crippen LogP contribution is 2.38. The molecular formula is C24H34O4SSi. The summed E-state index contributed by atoms with van der Waals surface area (Å²) in [7, 11) is -2.71. The number of thioether (sulfide) groups is 1. The van der Waals surface area contributed by atoms with E-state index >= 15 is 0 Å². The minimum atomic E-state index is -2.71. The molecule has 30 heavy (non-hydrogen) atoms. The van der Waals surface area contributed by atoms with Crippen LogP contribution in [-0.4, -0.2) is 55.1 Å². The molecule has 0 spiro atoms. The molecule has 5 unspecified atom stereocenters. The van der Waals surface area contributed by atoms with E-state index in [1.807, 2.05) is 25.3 Å². The molecule has 1 heterocycles. The summed E-state index contributed by atoms with van der Waals surface area (Å²) in [5, 5.41) is 23.5. The molecule has 4 nitrogen and oxygen atoms in total. The number of rotatable bonds is 6. The van der Waals surface area contributed by atoms with E-state index in [2.05, 4.69) is 69.3 Å². The van der Waals surface area contributed by atoms with Crippen molar-refractivity contribution in [2.45, 2.75) is 56.5 Å². The molecule has 0 amide bonds. The van der Waals surface area contributed by atoms with E-state index in [1.54, 1.807) is 11.8 Å². The Labute approximate surface area is 185 Å². The summed E-state index contributed by atoms with van der Waals surface area (Å²) in [4.78, 5) is 0. The van der Waals surface area contributed by atoms with Crippen LogP contribution in [0.25, 0.3) is 0 Å². The fourth-order valence-electron chi connectivity index (χ4n) is 4.45. The number of hydrogen-bond donors (Lipinski definition) is 2. The van der Waals surface area contributed by atoms with E-state index in [0.29, 0.717) is 0 Å². The summed E-state index contributed by atoms with van der Waals surface area (Å²) < 4.78 is 13.0. The first kappa shape index (κ1) is 23.5. The Balaban J connectivity index is 2.00. The zero-order valence-electron chi connectivity index (χ0n) is 18.5. The van der Waals surface area contributed by atoms with E-state index < -0.39 is 26.6 Å². The van der Waals surface area contributed by atoms with Gasteiger partial charge in [0.05, 0.1) is 12.7 Å². The van der Waals surface area contributed by atoms with Crippen molar-refractivity contribution in [2.75, 3.05) is 12.9 Å². The topological polar surface area (TPSA) is 58.9 Å². The molecule has 1 aliphatic rings. The van der Waals surface area contributed by atoms with Crippen molar-refractivity contribution in [2.24, 2.45) is 5.92 Å². The van der Waals surface area contributed by atoms with Crippen molar-refractivity contribution in [3.8, 4) is 0 Å². The first-order valence-corrected chi connectivity index (χ1v) is 13.7. The van der Waals surface area contributed by atoms with Gasteiger partial charge in [-0.3, -0.25) is 0 Å². The summed E-state index contributed by atoms with van der Waals surface area (Å²) in [6, 6.07) is 20.8. The number of aliphatic hydroxyl groups excluding tert-OH is 2. The van der Waals surface area contributed by atoms with Gasteiger partial charge in [-0.05, 0) is 21.7 Å². The fraction of sp³-hybridized carbons (Fsp3) is 0.500. The van der Waals surface area contributed by atoms with Crippen molar-refractivity contribution in [1.29, 1.82) is 0 Å². The largest absolute Gasteiger partial charge is 0.405 e. The average Bonchev–Trinajstić information content (AvgIpc) is 2.74. The summed E-state index contributed by atoms with van der Waals surface area (Å²) in [6.45, 7) is 8.81. The Morgan fingerprint density at radius 3 is 1.87 bits per heavy atom. The Hall–Kier alpha value is -1.15. The van der Waals surface area contributed by atoms with Crippen LogP contribution in [0.1, 0.15) is 27.7 Å². The number of ether oxygens (including phenoxy) is 1. The summed E-state index contributed by atoms with van der Waals surface area (Å²) in [5.74, 6) is -0.140. The molecule has 0 saturated carbocycles. The highest BCUT2D eigenvalue weighted by atomic mass is 32.2. The third-order valence-electron chi connectivity index (χ3n) is 6.12. The molecule has 1 fully saturated rings. The Bertz CT molecular complexity index is 754. The lowest BCUT2D eigenvalue weighted by atomic mass is 9.94. The second-order valence-corrected chi connectivity index (χ2v) is 14.3. The second kappa shape index (κ2) is 9.55. The smallest absolute Gasteiger partial charge is 0.261 e. The van der Waals surface area contributed by atoms with Crippen molar-refractivity contribution in [3.05, 3.63) is 60.7 Å². The number of aliphatic hydroxyl groups is 2. The fourth-order valence-corrected chi connectivity index (χ4v) is 9.86. The van der Waals surface area contributed by atoms with Crippen LogP contribution in [0.2, 0.25) is 5.04 Å². The summed E-state index contributed by atoms with van der Waals surface area (Å²) in [5.41, 5.74) is -0.170. The van der Waals surface area contributed by atoms with Crippen LogP contribution in [-0.2, 0) is 9.16 Å². The van der Waals surface area contributed by atoms with Crippen LogP contribution in [0.5, 0.6) is 0 Å². The molecule has 2 N–H and O–H groups in total. The minimum absolute atomic E-state index is 0.140. The molecule has 1 saturated heterocycles. The third-order valence-corrected chi connectivity index (χ3v) is 12.1. The van der Waals surface area contributed by atoms with Crippen LogP contribution in [0.3, 0.4) is 0 Å². The van der Waals surface area contributed by atoms with Gasteiger partial charge in [-0.2, -0.15) is 0 Å². The minimum Gasteiger partial charge on any atom is -0.405 e. The van der Waals surface area contributed by atoms with Gasteiger partial charge in [-0.1, -0.05) is 88.4 Å². The molecule has 0 aromatic heterocycles. The Kier molecular flexibility index (Phi) is 7.48. The zero-order chi connectivity index (χ0) is 21.9. The first-order valence-electron chi connectivity index (χ1n) is 10.5. The lowest BCUT2D eigenvalue weighted by Crippen LogP contribution is -2.68. The number of benzene rings is 2.